The number of nitrogens with one attached hydrogen (secondary N) is 2. The van der Waals surface area contributed by atoms with E-state index in [0.717, 1.165) is 4.90 Å². The highest BCUT2D eigenvalue weighted by Crippen LogP contribution is 2.33. The van der Waals surface area contributed by atoms with Crippen LogP contribution in [-0.4, -0.2) is 45.6 Å². The maximum Gasteiger partial charge on any atom is 0.307 e. The Bertz CT molecular complexity index is 1090. The first-order chi connectivity index (χ1) is 14.3. The fraction of sp³-hybridized carbons (Fsp3) is 0.190. The Morgan fingerprint density at radius 3 is 2.47 bits per heavy atom. The first-order valence-corrected chi connectivity index (χ1v) is 9.27. The third kappa shape index (κ3) is 3.41. The number of carbonyl (C=O) groups excluding carboxylic acids is 4. The summed E-state index contributed by atoms with van der Waals surface area (Å²) in [5.41, 5.74) is 1.96. The molecular formula is C21H17N3O6. The number of amides is 4. The molecule has 2 aromatic rings. The van der Waals surface area contributed by atoms with E-state index in [9.17, 15) is 24.0 Å². The summed E-state index contributed by atoms with van der Waals surface area (Å²) < 4.78 is 0. The van der Waals surface area contributed by atoms with E-state index in [-0.39, 0.29) is 30.4 Å². The van der Waals surface area contributed by atoms with Gasteiger partial charge >= 0.3 is 5.97 Å². The average Bonchev–Trinajstić information content (AvgIpc) is 2.95. The van der Waals surface area contributed by atoms with E-state index in [0.29, 0.717) is 16.9 Å². The number of anilines is 2. The summed E-state index contributed by atoms with van der Waals surface area (Å²) in [5, 5.41) is 14.1. The molecule has 1 unspecified atom stereocenters. The fourth-order valence-corrected chi connectivity index (χ4v) is 3.66. The number of benzene rings is 2. The van der Waals surface area contributed by atoms with Gasteiger partial charge in [0.1, 0.15) is 6.04 Å². The summed E-state index contributed by atoms with van der Waals surface area (Å²) in [7, 11) is 0. The molecule has 0 radical (unpaired) electrons. The number of carboxylic acids is 1. The van der Waals surface area contributed by atoms with Gasteiger partial charge in [-0.3, -0.25) is 34.2 Å². The molecule has 4 amide bonds. The molecule has 1 atom stereocenters. The van der Waals surface area contributed by atoms with Crippen molar-refractivity contribution in [3.05, 3.63) is 59.2 Å². The van der Waals surface area contributed by atoms with Crippen LogP contribution in [0, 0.1) is 0 Å². The van der Waals surface area contributed by atoms with Gasteiger partial charge in [-0.15, -0.1) is 0 Å². The molecule has 2 aliphatic heterocycles. The second kappa shape index (κ2) is 7.43. The highest BCUT2D eigenvalue weighted by atomic mass is 16.4. The van der Waals surface area contributed by atoms with Crippen LogP contribution in [0.15, 0.2) is 42.5 Å². The number of nitrogens with zero attached hydrogens (tertiary/aromatic N) is 1. The smallest absolute Gasteiger partial charge is 0.307 e. The molecular weight excluding hydrogens is 390 g/mol. The number of imide groups is 2. The normalized spacial score (nSPS) is 18.3. The Hall–Kier alpha value is -4.01. The Morgan fingerprint density at radius 2 is 1.80 bits per heavy atom. The van der Waals surface area contributed by atoms with Gasteiger partial charge in [-0.05, 0) is 36.2 Å². The molecule has 0 bridgehead atoms. The largest absolute Gasteiger partial charge is 0.481 e. The Balaban J connectivity index is 1.61. The molecule has 2 heterocycles. The van der Waals surface area contributed by atoms with Gasteiger partial charge in [-0.25, -0.2) is 0 Å². The topological polar surface area (TPSA) is 133 Å². The first kappa shape index (κ1) is 19.3. The fourth-order valence-electron chi connectivity index (χ4n) is 3.66. The lowest BCUT2D eigenvalue weighted by Crippen LogP contribution is -2.54. The van der Waals surface area contributed by atoms with Crippen molar-refractivity contribution in [3.8, 4) is 0 Å². The molecule has 0 aliphatic carbocycles. The van der Waals surface area contributed by atoms with Crippen molar-refractivity contribution in [2.24, 2.45) is 0 Å². The predicted molar refractivity (Wildman–Crippen MR) is 104 cm³/mol. The van der Waals surface area contributed by atoms with Gasteiger partial charge in [0, 0.05) is 12.1 Å². The van der Waals surface area contributed by atoms with Crippen molar-refractivity contribution in [2.45, 2.75) is 25.3 Å². The molecule has 1 fully saturated rings. The van der Waals surface area contributed by atoms with E-state index in [1.54, 1.807) is 36.4 Å². The zero-order valence-corrected chi connectivity index (χ0v) is 15.7. The van der Waals surface area contributed by atoms with Crippen molar-refractivity contribution in [2.75, 3.05) is 5.32 Å². The molecule has 3 N–H and O–H groups in total. The van der Waals surface area contributed by atoms with Crippen molar-refractivity contribution in [1.82, 2.24) is 10.2 Å². The highest BCUT2D eigenvalue weighted by Gasteiger charge is 2.45. The van der Waals surface area contributed by atoms with E-state index >= 15 is 0 Å². The molecule has 0 aromatic heterocycles. The van der Waals surface area contributed by atoms with Crippen LogP contribution >= 0.6 is 0 Å². The summed E-state index contributed by atoms with van der Waals surface area (Å²) in [6, 6.07) is 10.4. The lowest BCUT2D eigenvalue weighted by Gasteiger charge is -2.27. The highest BCUT2D eigenvalue weighted by molar-refractivity contribution is 6.25. The number of carbonyl (C=O) groups is 5. The summed E-state index contributed by atoms with van der Waals surface area (Å²) in [5.74, 6) is -3.21. The van der Waals surface area contributed by atoms with Crippen LogP contribution in [0.1, 0.15) is 39.1 Å². The number of aliphatic carboxylic acids is 1. The van der Waals surface area contributed by atoms with Gasteiger partial charge in [0.2, 0.25) is 11.8 Å². The molecule has 152 valence electrons. The average molecular weight is 407 g/mol. The summed E-state index contributed by atoms with van der Waals surface area (Å²) in [6.07, 6.45) is 0.0382. The van der Waals surface area contributed by atoms with Crippen LogP contribution in [0.3, 0.4) is 0 Å². The number of hydrogen-bond donors (Lipinski definition) is 3. The van der Waals surface area contributed by atoms with Crippen LogP contribution in [-0.2, 0) is 20.8 Å². The minimum atomic E-state index is -1.03. The molecule has 9 nitrogen and oxygen atoms in total. The van der Waals surface area contributed by atoms with Gasteiger partial charge in [0.15, 0.2) is 0 Å². The van der Waals surface area contributed by atoms with E-state index in [4.69, 9.17) is 5.11 Å². The van der Waals surface area contributed by atoms with Crippen LogP contribution in [0.4, 0.5) is 11.4 Å². The molecule has 0 saturated carbocycles. The van der Waals surface area contributed by atoms with Crippen LogP contribution in [0.2, 0.25) is 0 Å². The number of carboxylic acid groups (broad SMARTS) is 1. The predicted octanol–water partition coefficient (Wildman–Crippen LogP) is 1.46. The molecule has 2 aromatic carbocycles. The number of hydrogen-bond acceptors (Lipinski definition) is 6. The number of fused-ring (bicyclic) bond motifs is 1. The lowest BCUT2D eigenvalue weighted by molar-refractivity contribution is -0.137. The maximum absolute atomic E-state index is 13.1. The standard InChI is InChI=1S/C21H17N3O6/c25-16-9-8-15(19(28)23-16)24-20(29)13-2-1-3-14(18(13)21(24)30)22-12-6-4-11(5-7-12)10-17(26)27/h1-7,15,22H,8-10H2,(H,26,27)(H,23,25,28). The first-order valence-electron chi connectivity index (χ1n) is 9.27. The van der Waals surface area contributed by atoms with Gasteiger partial charge in [0.25, 0.3) is 11.8 Å². The zero-order valence-electron chi connectivity index (χ0n) is 15.7. The maximum atomic E-state index is 13.1. The van der Waals surface area contributed by atoms with Gasteiger partial charge in [0.05, 0.1) is 23.2 Å². The van der Waals surface area contributed by atoms with Crippen LogP contribution < -0.4 is 10.6 Å². The van der Waals surface area contributed by atoms with E-state index in [1.165, 1.54) is 6.07 Å². The lowest BCUT2D eigenvalue weighted by atomic mass is 10.0. The molecule has 0 spiro atoms. The molecule has 30 heavy (non-hydrogen) atoms. The van der Waals surface area contributed by atoms with Gasteiger partial charge in [-0.1, -0.05) is 18.2 Å². The molecule has 9 heteroatoms. The Morgan fingerprint density at radius 1 is 1.07 bits per heavy atom. The van der Waals surface area contributed by atoms with E-state index < -0.39 is 35.6 Å². The second-order valence-corrected chi connectivity index (χ2v) is 7.07. The molecule has 1 saturated heterocycles. The van der Waals surface area contributed by atoms with E-state index in [2.05, 4.69) is 10.6 Å². The van der Waals surface area contributed by atoms with Crippen molar-refractivity contribution >= 4 is 41.0 Å². The van der Waals surface area contributed by atoms with Crippen molar-refractivity contribution in [1.29, 1.82) is 0 Å². The minimum Gasteiger partial charge on any atom is -0.481 e. The molecule has 2 aliphatic rings. The third-order valence-electron chi connectivity index (χ3n) is 5.06. The Labute approximate surface area is 170 Å². The third-order valence-corrected chi connectivity index (χ3v) is 5.06. The van der Waals surface area contributed by atoms with Crippen LogP contribution in [0.25, 0.3) is 0 Å². The van der Waals surface area contributed by atoms with Crippen LogP contribution in [0.5, 0.6) is 0 Å². The Kier molecular flexibility index (Phi) is 4.78. The number of rotatable bonds is 5. The molecule has 4 rings (SSSR count). The van der Waals surface area contributed by atoms with Crippen molar-refractivity contribution < 1.29 is 29.1 Å². The quantitative estimate of drug-likeness (QED) is 0.639. The van der Waals surface area contributed by atoms with Gasteiger partial charge in [-0.2, -0.15) is 0 Å². The zero-order chi connectivity index (χ0) is 21.4. The second-order valence-electron chi connectivity index (χ2n) is 7.07. The van der Waals surface area contributed by atoms with Crippen molar-refractivity contribution in [3.63, 3.8) is 0 Å². The summed E-state index contributed by atoms with van der Waals surface area (Å²) in [4.78, 5) is 61.2. The monoisotopic (exact) mass is 407 g/mol. The minimum absolute atomic E-state index is 0.0532. The summed E-state index contributed by atoms with van der Waals surface area (Å²) >= 11 is 0. The SMILES string of the molecule is O=C(O)Cc1ccc(Nc2cccc3c2C(=O)N(C2CCC(=O)NC2=O)C3=O)cc1. The van der Waals surface area contributed by atoms with Gasteiger partial charge < -0.3 is 10.4 Å². The number of piperidine rings is 1. The summed E-state index contributed by atoms with van der Waals surface area (Å²) in [6.45, 7) is 0. The van der Waals surface area contributed by atoms with E-state index in [1.807, 2.05) is 0 Å².